The van der Waals surface area contributed by atoms with Crippen molar-refractivity contribution in [2.75, 3.05) is 12.0 Å². The van der Waals surface area contributed by atoms with E-state index in [1.165, 1.54) is 16.8 Å². The second-order valence-electron chi connectivity index (χ2n) is 6.58. The van der Waals surface area contributed by atoms with Gasteiger partial charge in [0.15, 0.2) is 0 Å². The molecular formula is C23H22N2O. The van der Waals surface area contributed by atoms with E-state index < -0.39 is 0 Å². The Labute approximate surface area is 154 Å². The number of hydrogen-bond donors (Lipinski definition) is 0. The molecule has 4 rings (SSSR count). The molecule has 0 aliphatic carbocycles. The molecule has 3 nitrogen and oxygen atoms in total. The first kappa shape index (κ1) is 16.4. The molecule has 2 heterocycles. The minimum atomic E-state index is 0.357. The van der Waals surface area contributed by atoms with E-state index in [0.717, 1.165) is 23.6 Å². The molecule has 2 aromatic carbocycles. The summed E-state index contributed by atoms with van der Waals surface area (Å²) in [6, 6.07) is 21.0. The van der Waals surface area contributed by atoms with Gasteiger partial charge in [0, 0.05) is 17.8 Å². The summed E-state index contributed by atoms with van der Waals surface area (Å²) in [5.74, 6) is 1.88. The smallest absolute Gasteiger partial charge is 0.133 e. The average Bonchev–Trinajstić information content (AvgIpc) is 3.03. The lowest BCUT2D eigenvalue weighted by Gasteiger charge is -2.25. The highest BCUT2D eigenvalue weighted by atomic mass is 16.5. The molecule has 1 unspecified atom stereocenters. The highest BCUT2D eigenvalue weighted by molar-refractivity contribution is 5.84. The van der Waals surface area contributed by atoms with Gasteiger partial charge in [-0.1, -0.05) is 48.6 Å². The summed E-state index contributed by atoms with van der Waals surface area (Å²) in [6.45, 7) is 2.24. The minimum absolute atomic E-state index is 0.357. The number of fused-ring (bicyclic) bond motifs is 1. The van der Waals surface area contributed by atoms with Gasteiger partial charge in [-0.2, -0.15) is 0 Å². The highest BCUT2D eigenvalue weighted by Gasteiger charge is 2.30. The molecule has 1 aliphatic rings. The Morgan fingerprint density at radius 3 is 2.58 bits per heavy atom. The highest BCUT2D eigenvalue weighted by Crippen LogP contribution is 2.42. The number of hydrogen-bond acceptors (Lipinski definition) is 3. The van der Waals surface area contributed by atoms with Crippen LogP contribution >= 0.6 is 0 Å². The Bertz CT molecular complexity index is 920. The van der Waals surface area contributed by atoms with E-state index >= 15 is 0 Å². The Morgan fingerprint density at radius 1 is 1.04 bits per heavy atom. The van der Waals surface area contributed by atoms with Gasteiger partial charge in [-0.25, -0.2) is 4.98 Å². The first-order valence-corrected chi connectivity index (χ1v) is 8.90. The van der Waals surface area contributed by atoms with Gasteiger partial charge in [0.2, 0.25) is 0 Å². The van der Waals surface area contributed by atoms with E-state index in [1.807, 2.05) is 24.4 Å². The monoisotopic (exact) mass is 342 g/mol. The average molecular weight is 342 g/mol. The molecule has 0 amide bonds. The van der Waals surface area contributed by atoms with Crippen molar-refractivity contribution in [3.05, 3.63) is 83.6 Å². The van der Waals surface area contributed by atoms with Crippen LogP contribution in [-0.4, -0.2) is 18.1 Å². The quantitative estimate of drug-likeness (QED) is 0.598. The van der Waals surface area contributed by atoms with E-state index in [0.29, 0.717) is 6.04 Å². The number of benzene rings is 2. The number of anilines is 2. The first-order valence-electron chi connectivity index (χ1n) is 8.90. The minimum Gasteiger partial charge on any atom is -0.497 e. The molecule has 0 radical (unpaired) electrons. The van der Waals surface area contributed by atoms with Gasteiger partial charge in [-0.15, -0.1) is 0 Å². The number of aromatic nitrogens is 1. The van der Waals surface area contributed by atoms with Gasteiger partial charge in [-0.05, 0) is 48.7 Å². The van der Waals surface area contributed by atoms with Crippen LogP contribution < -0.4 is 9.64 Å². The molecular weight excluding hydrogens is 320 g/mol. The van der Waals surface area contributed by atoms with Crippen molar-refractivity contribution < 1.29 is 4.74 Å². The molecule has 0 saturated heterocycles. The standard InChI is InChI=1S/C23H22N2O/c1-17-14-20-16-21(26-2)15-19(12-11-18-8-4-3-5-9-18)23(20)25(17)22-10-6-7-13-24-22/h3-13,15-17H,14H2,1-2H3/b12-11+. The fourth-order valence-electron chi connectivity index (χ4n) is 3.60. The van der Waals surface area contributed by atoms with Crippen LogP contribution in [-0.2, 0) is 6.42 Å². The summed E-state index contributed by atoms with van der Waals surface area (Å²) in [7, 11) is 1.72. The normalized spacial score (nSPS) is 16.1. The zero-order valence-electron chi connectivity index (χ0n) is 15.1. The van der Waals surface area contributed by atoms with Crippen molar-refractivity contribution in [3.8, 4) is 5.75 Å². The summed E-state index contributed by atoms with van der Waals surface area (Å²) in [6.07, 6.45) is 7.15. The summed E-state index contributed by atoms with van der Waals surface area (Å²) < 4.78 is 5.54. The van der Waals surface area contributed by atoms with Crippen LogP contribution in [0, 0.1) is 0 Å². The molecule has 0 bridgehead atoms. The Morgan fingerprint density at radius 2 is 1.85 bits per heavy atom. The van der Waals surface area contributed by atoms with E-state index in [2.05, 4.69) is 71.4 Å². The Balaban J connectivity index is 1.82. The van der Waals surface area contributed by atoms with Gasteiger partial charge in [0.25, 0.3) is 0 Å². The SMILES string of the molecule is COc1cc(/C=C/c2ccccc2)c2c(c1)CC(C)N2c1ccccn1. The second kappa shape index (κ2) is 7.04. The first-order chi connectivity index (χ1) is 12.8. The zero-order valence-corrected chi connectivity index (χ0v) is 15.1. The maximum Gasteiger partial charge on any atom is 0.133 e. The van der Waals surface area contributed by atoms with Gasteiger partial charge >= 0.3 is 0 Å². The van der Waals surface area contributed by atoms with E-state index in [-0.39, 0.29) is 0 Å². The second-order valence-corrected chi connectivity index (χ2v) is 6.58. The van der Waals surface area contributed by atoms with Gasteiger partial charge in [-0.3, -0.25) is 0 Å². The Kier molecular flexibility index (Phi) is 4.44. The molecule has 3 heteroatoms. The maximum absolute atomic E-state index is 5.54. The van der Waals surface area contributed by atoms with Crippen LogP contribution in [0.1, 0.15) is 23.6 Å². The summed E-state index contributed by atoms with van der Waals surface area (Å²) in [4.78, 5) is 6.92. The molecule has 1 aliphatic heterocycles. The van der Waals surface area contributed by atoms with Crippen LogP contribution in [0.2, 0.25) is 0 Å². The number of methoxy groups -OCH3 is 1. The molecule has 1 atom stereocenters. The number of nitrogens with zero attached hydrogens (tertiary/aromatic N) is 2. The lowest BCUT2D eigenvalue weighted by Crippen LogP contribution is -2.25. The summed E-state index contributed by atoms with van der Waals surface area (Å²) >= 11 is 0. The molecule has 3 aromatic rings. The van der Waals surface area contributed by atoms with E-state index in [9.17, 15) is 0 Å². The molecule has 0 N–H and O–H groups in total. The van der Waals surface area contributed by atoms with E-state index in [4.69, 9.17) is 4.74 Å². The third-order valence-electron chi connectivity index (χ3n) is 4.78. The third-order valence-corrected chi connectivity index (χ3v) is 4.78. The topological polar surface area (TPSA) is 25.4 Å². The molecule has 0 spiro atoms. The largest absolute Gasteiger partial charge is 0.497 e. The van der Waals surface area contributed by atoms with Crippen molar-refractivity contribution >= 4 is 23.7 Å². The van der Waals surface area contributed by atoms with Crippen molar-refractivity contribution in [2.45, 2.75) is 19.4 Å². The van der Waals surface area contributed by atoms with Crippen LogP contribution in [0.4, 0.5) is 11.5 Å². The van der Waals surface area contributed by atoms with Gasteiger partial charge in [0.1, 0.15) is 11.6 Å². The Hall–Kier alpha value is -3.07. The predicted octanol–water partition coefficient (Wildman–Crippen LogP) is 5.34. The van der Waals surface area contributed by atoms with Crippen molar-refractivity contribution in [1.29, 1.82) is 0 Å². The van der Waals surface area contributed by atoms with E-state index in [1.54, 1.807) is 7.11 Å². The fourth-order valence-corrected chi connectivity index (χ4v) is 3.60. The third kappa shape index (κ3) is 3.08. The van der Waals surface area contributed by atoms with Crippen molar-refractivity contribution in [2.24, 2.45) is 0 Å². The van der Waals surface area contributed by atoms with Crippen LogP contribution in [0.15, 0.2) is 66.9 Å². The number of rotatable bonds is 4. The van der Waals surface area contributed by atoms with Gasteiger partial charge in [0.05, 0.1) is 12.8 Å². The lowest BCUT2D eigenvalue weighted by atomic mass is 10.0. The van der Waals surface area contributed by atoms with Crippen LogP contribution in [0.25, 0.3) is 12.2 Å². The molecule has 130 valence electrons. The van der Waals surface area contributed by atoms with Crippen LogP contribution in [0.3, 0.4) is 0 Å². The zero-order chi connectivity index (χ0) is 17.9. The molecule has 1 aromatic heterocycles. The van der Waals surface area contributed by atoms with Crippen molar-refractivity contribution in [3.63, 3.8) is 0 Å². The lowest BCUT2D eigenvalue weighted by molar-refractivity contribution is 0.414. The summed E-state index contributed by atoms with van der Waals surface area (Å²) in [5, 5.41) is 0. The molecule has 26 heavy (non-hydrogen) atoms. The number of pyridine rings is 1. The summed E-state index contributed by atoms with van der Waals surface area (Å²) in [5.41, 5.74) is 4.86. The fraction of sp³-hybridized carbons (Fsp3) is 0.174. The van der Waals surface area contributed by atoms with Crippen molar-refractivity contribution in [1.82, 2.24) is 4.98 Å². The predicted molar refractivity (Wildman–Crippen MR) is 108 cm³/mol. The number of ether oxygens (including phenoxy) is 1. The van der Waals surface area contributed by atoms with Gasteiger partial charge < -0.3 is 9.64 Å². The van der Waals surface area contributed by atoms with Crippen LogP contribution in [0.5, 0.6) is 5.75 Å². The molecule has 0 saturated carbocycles. The maximum atomic E-state index is 5.54. The molecule has 0 fully saturated rings.